The highest BCUT2D eigenvalue weighted by Crippen LogP contribution is 2.15. The van der Waals surface area contributed by atoms with Crippen molar-refractivity contribution in [1.29, 1.82) is 0 Å². The zero-order chi connectivity index (χ0) is 9.14. The van der Waals surface area contributed by atoms with Crippen LogP contribution in [0.25, 0.3) is 0 Å². The van der Waals surface area contributed by atoms with Gasteiger partial charge >= 0.3 is 0 Å². The number of nitrogens with two attached hydrogens (primary N) is 1. The van der Waals surface area contributed by atoms with Crippen molar-refractivity contribution in [3.05, 3.63) is 30.1 Å². The second-order valence-electron chi connectivity index (χ2n) is 3.22. The summed E-state index contributed by atoms with van der Waals surface area (Å²) in [7, 11) is 1.89. The molecule has 0 saturated heterocycles. The fourth-order valence-corrected chi connectivity index (χ4v) is 1.12. The second kappa shape index (κ2) is 3.54. The zero-order valence-corrected chi connectivity index (χ0v) is 7.62. The van der Waals surface area contributed by atoms with Crippen molar-refractivity contribution in [3.8, 4) is 0 Å². The lowest BCUT2D eigenvalue weighted by atomic mass is 10.1. The molecule has 0 spiro atoms. The molecule has 0 amide bonds. The number of rotatable bonds is 3. The number of hydrogen-bond acceptors (Lipinski definition) is 2. The molecule has 0 aromatic carbocycles. The minimum atomic E-state index is 0.0381. The van der Waals surface area contributed by atoms with Crippen LogP contribution in [0.4, 0.5) is 0 Å². The summed E-state index contributed by atoms with van der Waals surface area (Å²) >= 11 is 0. The Morgan fingerprint density at radius 3 is 2.92 bits per heavy atom. The predicted octanol–water partition coefficient (Wildman–Crippen LogP) is 1.39. The normalized spacial score (nSPS) is 12.9. The number of hydrogen-bond donors (Lipinski definition) is 1. The molecule has 0 radical (unpaired) electrons. The predicted molar refractivity (Wildman–Crippen MR) is 49.6 cm³/mol. The van der Waals surface area contributed by atoms with Crippen LogP contribution >= 0.6 is 0 Å². The van der Waals surface area contributed by atoms with Crippen molar-refractivity contribution in [2.75, 3.05) is 0 Å². The van der Waals surface area contributed by atoms with Crippen molar-refractivity contribution in [3.63, 3.8) is 0 Å². The van der Waals surface area contributed by atoms with E-state index >= 15 is 0 Å². The van der Waals surface area contributed by atoms with E-state index in [1.807, 2.05) is 20.2 Å². The minimum Gasteiger partial charge on any atom is -0.324 e. The van der Waals surface area contributed by atoms with Crippen LogP contribution in [0, 0.1) is 0 Å². The third-order valence-electron chi connectivity index (χ3n) is 1.72. The van der Waals surface area contributed by atoms with E-state index < -0.39 is 0 Å². The molecule has 3 heteroatoms. The SMILES string of the molecule is C=C(C)CC(N)c1cnn(C)c1. The second-order valence-corrected chi connectivity index (χ2v) is 3.22. The van der Waals surface area contributed by atoms with E-state index in [0.29, 0.717) is 0 Å². The highest BCUT2D eigenvalue weighted by molar-refractivity contribution is 5.12. The third kappa shape index (κ3) is 2.20. The third-order valence-corrected chi connectivity index (χ3v) is 1.72. The van der Waals surface area contributed by atoms with Gasteiger partial charge in [-0.25, -0.2) is 0 Å². The fraction of sp³-hybridized carbons (Fsp3) is 0.444. The van der Waals surface area contributed by atoms with Crippen LogP contribution in [0.15, 0.2) is 24.5 Å². The van der Waals surface area contributed by atoms with Crippen LogP contribution in [0.5, 0.6) is 0 Å². The van der Waals surface area contributed by atoms with Gasteiger partial charge < -0.3 is 5.73 Å². The molecule has 2 N–H and O–H groups in total. The Kier molecular flexibility index (Phi) is 2.65. The van der Waals surface area contributed by atoms with Gasteiger partial charge in [-0.05, 0) is 13.3 Å². The summed E-state index contributed by atoms with van der Waals surface area (Å²) in [5.41, 5.74) is 8.07. The molecule has 66 valence electrons. The smallest absolute Gasteiger partial charge is 0.0537 e. The molecule has 1 heterocycles. The molecule has 0 fully saturated rings. The van der Waals surface area contributed by atoms with E-state index in [4.69, 9.17) is 5.73 Å². The van der Waals surface area contributed by atoms with Crippen LogP contribution in [-0.2, 0) is 7.05 Å². The molecule has 1 aromatic heterocycles. The van der Waals surface area contributed by atoms with Gasteiger partial charge in [0.2, 0.25) is 0 Å². The van der Waals surface area contributed by atoms with Crippen molar-refractivity contribution >= 4 is 0 Å². The van der Waals surface area contributed by atoms with E-state index in [1.165, 1.54) is 0 Å². The van der Waals surface area contributed by atoms with Gasteiger partial charge in [-0.2, -0.15) is 5.10 Å². The largest absolute Gasteiger partial charge is 0.324 e. The Morgan fingerprint density at radius 1 is 1.83 bits per heavy atom. The molecule has 0 saturated carbocycles. The van der Waals surface area contributed by atoms with Crippen LogP contribution in [0.1, 0.15) is 24.9 Å². The van der Waals surface area contributed by atoms with Crippen LogP contribution < -0.4 is 5.73 Å². The Hall–Kier alpha value is -1.09. The summed E-state index contributed by atoms with van der Waals surface area (Å²) in [5.74, 6) is 0. The lowest BCUT2D eigenvalue weighted by molar-refractivity contribution is 0.713. The molecule has 0 aliphatic carbocycles. The average molecular weight is 165 g/mol. The molecule has 1 rings (SSSR count). The maximum absolute atomic E-state index is 5.90. The maximum atomic E-state index is 5.90. The lowest BCUT2D eigenvalue weighted by Gasteiger charge is -2.07. The number of nitrogens with zero attached hydrogens (tertiary/aromatic N) is 2. The summed E-state index contributed by atoms with van der Waals surface area (Å²) in [6, 6.07) is 0.0381. The van der Waals surface area contributed by atoms with Crippen LogP contribution in [0.2, 0.25) is 0 Å². The molecule has 12 heavy (non-hydrogen) atoms. The van der Waals surface area contributed by atoms with Gasteiger partial charge in [0.15, 0.2) is 0 Å². The summed E-state index contributed by atoms with van der Waals surface area (Å²) in [4.78, 5) is 0. The Bertz CT molecular complexity index is 275. The van der Waals surface area contributed by atoms with E-state index in [-0.39, 0.29) is 6.04 Å². The van der Waals surface area contributed by atoms with E-state index in [9.17, 15) is 0 Å². The monoisotopic (exact) mass is 165 g/mol. The Labute approximate surface area is 72.9 Å². The van der Waals surface area contributed by atoms with Gasteiger partial charge in [0.25, 0.3) is 0 Å². The lowest BCUT2D eigenvalue weighted by Crippen LogP contribution is -2.09. The topological polar surface area (TPSA) is 43.8 Å². The fourth-order valence-electron chi connectivity index (χ4n) is 1.12. The first-order chi connectivity index (χ1) is 5.59. The highest BCUT2D eigenvalue weighted by atomic mass is 15.2. The molecule has 1 aromatic rings. The van der Waals surface area contributed by atoms with Crippen LogP contribution in [-0.4, -0.2) is 9.78 Å². The maximum Gasteiger partial charge on any atom is 0.0537 e. The highest BCUT2D eigenvalue weighted by Gasteiger charge is 2.07. The van der Waals surface area contributed by atoms with Crippen molar-refractivity contribution < 1.29 is 0 Å². The minimum absolute atomic E-state index is 0.0381. The number of aryl methyl sites for hydroxylation is 1. The summed E-state index contributed by atoms with van der Waals surface area (Å²) in [6.07, 6.45) is 4.56. The van der Waals surface area contributed by atoms with Crippen molar-refractivity contribution in [1.82, 2.24) is 9.78 Å². The van der Waals surface area contributed by atoms with Crippen molar-refractivity contribution in [2.24, 2.45) is 12.8 Å². The Morgan fingerprint density at radius 2 is 2.50 bits per heavy atom. The van der Waals surface area contributed by atoms with Gasteiger partial charge in [-0.15, -0.1) is 6.58 Å². The van der Waals surface area contributed by atoms with E-state index in [0.717, 1.165) is 17.6 Å². The first kappa shape index (κ1) is 9.00. The zero-order valence-electron chi connectivity index (χ0n) is 7.62. The summed E-state index contributed by atoms with van der Waals surface area (Å²) in [6.45, 7) is 5.80. The van der Waals surface area contributed by atoms with Gasteiger partial charge in [0.05, 0.1) is 6.20 Å². The molecule has 1 unspecified atom stereocenters. The molecular formula is C9H15N3. The molecule has 0 aliphatic rings. The standard InChI is InChI=1S/C9H15N3/c1-7(2)4-9(10)8-5-11-12(3)6-8/h5-6,9H,1,4,10H2,2-3H3. The first-order valence-corrected chi connectivity index (χ1v) is 3.98. The van der Waals surface area contributed by atoms with Gasteiger partial charge in [-0.3, -0.25) is 4.68 Å². The summed E-state index contributed by atoms with van der Waals surface area (Å²) in [5, 5.41) is 4.05. The quantitative estimate of drug-likeness (QED) is 0.688. The van der Waals surface area contributed by atoms with Gasteiger partial charge in [0, 0.05) is 24.8 Å². The molecule has 3 nitrogen and oxygen atoms in total. The number of aromatic nitrogens is 2. The van der Waals surface area contributed by atoms with Crippen molar-refractivity contribution in [2.45, 2.75) is 19.4 Å². The average Bonchev–Trinajstić information content (AvgIpc) is 2.34. The molecule has 0 aliphatic heterocycles. The molecule has 1 atom stereocenters. The Balaban J connectivity index is 2.64. The van der Waals surface area contributed by atoms with Gasteiger partial charge in [-0.1, -0.05) is 5.57 Å². The van der Waals surface area contributed by atoms with E-state index in [1.54, 1.807) is 10.9 Å². The molecule has 0 bridgehead atoms. The first-order valence-electron chi connectivity index (χ1n) is 3.98. The van der Waals surface area contributed by atoms with Crippen LogP contribution in [0.3, 0.4) is 0 Å². The van der Waals surface area contributed by atoms with E-state index in [2.05, 4.69) is 11.7 Å². The summed E-state index contributed by atoms with van der Waals surface area (Å²) < 4.78 is 1.76. The molecular weight excluding hydrogens is 150 g/mol. The van der Waals surface area contributed by atoms with Gasteiger partial charge in [0.1, 0.15) is 0 Å².